The lowest BCUT2D eigenvalue weighted by molar-refractivity contribution is 0.0629. The van der Waals surface area contributed by atoms with Gasteiger partial charge in [0.25, 0.3) is 0 Å². The van der Waals surface area contributed by atoms with Crippen LogP contribution in [0.15, 0.2) is 24.3 Å². The van der Waals surface area contributed by atoms with Gasteiger partial charge in [0.2, 0.25) is 0 Å². The smallest absolute Gasteiger partial charge is 0.0701 e. The van der Waals surface area contributed by atoms with Crippen molar-refractivity contribution < 1.29 is 14.6 Å². The largest absolute Gasteiger partial charge is 0.396 e. The van der Waals surface area contributed by atoms with Gasteiger partial charge in [0, 0.05) is 25.4 Å². The molecule has 1 saturated heterocycles. The van der Waals surface area contributed by atoms with E-state index in [2.05, 4.69) is 29.2 Å². The van der Waals surface area contributed by atoms with Gasteiger partial charge < -0.3 is 19.5 Å². The monoisotopic (exact) mass is 251 g/mol. The molecular weight excluding hydrogens is 230 g/mol. The van der Waals surface area contributed by atoms with Crippen LogP contribution in [-0.4, -0.2) is 51.2 Å². The van der Waals surface area contributed by atoms with Crippen LogP contribution in [0.5, 0.6) is 0 Å². The molecule has 1 N–H and O–H groups in total. The van der Waals surface area contributed by atoms with Gasteiger partial charge in [0.05, 0.1) is 26.4 Å². The summed E-state index contributed by atoms with van der Waals surface area (Å²) in [6.45, 7) is 4.83. The summed E-state index contributed by atoms with van der Waals surface area (Å²) in [5.41, 5.74) is 2.35. The minimum Gasteiger partial charge on any atom is -0.396 e. The zero-order chi connectivity index (χ0) is 12.6. The van der Waals surface area contributed by atoms with Crippen molar-refractivity contribution >= 4 is 5.69 Å². The molecule has 2 rings (SSSR count). The zero-order valence-corrected chi connectivity index (χ0v) is 10.7. The number of hydrogen-bond donors (Lipinski definition) is 1. The number of ether oxygens (including phenoxy) is 2. The van der Waals surface area contributed by atoms with E-state index in [0.717, 1.165) is 31.9 Å². The van der Waals surface area contributed by atoms with Crippen molar-refractivity contribution in [2.75, 3.05) is 51.0 Å². The Balaban J connectivity index is 1.98. The van der Waals surface area contributed by atoms with Gasteiger partial charge in [-0.2, -0.15) is 0 Å². The number of anilines is 1. The molecule has 1 aromatic rings. The summed E-state index contributed by atoms with van der Waals surface area (Å²) in [5, 5.41) is 8.89. The van der Waals surface area contributed by atoms with E-state index in [0.29, 0.717) is 19.6 Å². The summed E-state index contributed by atoms with van der Waals surface area (Å²) in [5.74, 6) is 0. The summed E-state index contributed by atoms with van der Waals surface area (Å²) in [6, 6.07) is 8.34. The second-order valence-corrected chi connectivity index (χ2v) is 4.35. The van der Waals surface area contributed by atoms with Crippen LogP contribution in [0.4, 0.5) is 5.69 Å². The molecule has 1 fully saturated rings. The molecule has 0 bridgehead atoms. The standard InChI is InChI=1S/C14H21NO3/c16-8-5-13-1-3-14(4-2-13)15-6-9-17-11-12-18-10-7-15/h1-4,16H,5-12H2. The summed E-state index contributed by atoms with van der Waals surface area (Å²) >= 11 is 0. The predicted molar refractivity (Wildman–Crippen MR) is 71.1 cm³/mol. The van der Waals surface area contributed by atoms with Crippen molar-refractivity contribution in [3.63, 3.8) is 0 Å². The highest BCUT2D eigenvalue weighted by Crippen LogP contribution is 2.15. The molecule has 0 aromatic heterocycles. The molecule has 1 heterocycles. The van der Waals surface area contributed by atoms with Crippen molar-refractivity contribution in [2.24, 2.45) is 0 Å². The van der Waals surface area contributed by atoms with Crippen LogP contribution in [0.3, 0.4) is 0 Å². The van der Waals surface area contributed by atoms with Gasteiger partial charge in [-0.25, -0.2) is 0 Å². The van der Waals surface area contributed by atoms with E-state index in [1.807, 2.05) is 0 Å². The number of rotatable bonds is 3. The number of aliphatic hydroxyl groups excluding tert-OH is 1. The fraction of sp³-hybridized carbons (Fsp3) is 0.571. The molecule has 0 saturated carbocycles. The lowest BCUT2D eigenvalue weighted by atomic mass is 10.1. The van der Waals surface area contributed by atoms with Gasteiger partial charge in [0.15, 0.2) is 0 Å². The summed E-state index contributed by atoms with van der Waals surface area (Å²) < 4.78 is 10.9. The van der Waals surface area contributed by atoms with Crippen LogP contribution in [0.25, 0.3) is 0 Å². The van der Waals surface area contributed by atoms with Gasteiger partial charge in [-0.05, 0) is 24.1 Å². The highest BCUT2D eigenvalue weighted by Gasteiger charge is 2.08. The average Bonchev–Trinajstić information content (AvgIpc) is 2.53. The minimum absolute atomic E-state index is 0.199. The molecule has 100 valence electrons. The summed E-state index contributed by atoms with van der Waals surface area (Å²) in [7, 11) is 0. The van der Waals surface area contributed by atoms with Crippen molar-refractivity contribution in [3.8, 4) is 0 Å². The van der Waals surface area contributed by atoms with Gasteiger partial charge in [-0.15, -0.1) is 0 Å². The van der Waals surface area contributed by atoms with Gasteiger partial charge >= 0.3 is 0 Å². The van der Waals surface area contributed by atoms with Crippen molar-refractivity contribution in [3.05, 3.63) is 29.8 Å². The van der Waals surface area contributed by atoms with Crippen molar-refractivity contribution in [1.82, 2.24) is 0 Å². The molecule has 1 aliphatic heterocycles. The third-order valence-corrected chi connectivity index (χ3v) is 3.09. The maximum Gasteiger partial charge on any atom is 0.0701 e. The molecule has 0 radical (unpaired) electrons. The van der Waals surface area contributed by atoms with E-state index < -0.39 is 0 Å². The van der Waals surface area contributed by atoms with Crippen LogP contribution >= 0.6 is 0 Å². The average molecular weight is 251 g/mol. The first-order valence-corrected chi connectivity index (χ1v) is 6.50. The fourth-order valence-corrected chi connectivity index (χ4v) is 2.04. The number of aliphatic hydroxyl groups is 1. The number of benzene rings is 1. The molecule has 4 heteroatoms. The lowest BCUT2D eigenvalue weighted by Crippen LogP contribution is -2.29. The molecule has 0 aliphatic carbocycles. The molecule has 0 spiro atoms. The second-order valence-electron chi connectivity index (χ2n) is 4.35. The van der Waals surface area contributed by atoms with E-state index in [4.69, 9.17) is 14.6 Å². The summed E-state index contributed by atoms with van der Waals surface area (Å²) in [6.07, 6.45) is 0.715. The zero-order valence-electron chi connectivity index (χ0n) is 10.7. The van der Waals surface area contributed by atoms with Crippen LogP contribution in [0, 0.1) is 0 Å². The second kappa shape index (κ2) is 7.36. The number of nitrogens with zero attached hydrogens (tertiary/aromatic N) is 1. The minimum atomic E-state index is 0.199. The Bertz CT molecular complexity index is 329. The molecule has 1 aromatic carbocycles. The molecule has 4 nitrogen and oxygen atoms in total. The molecule has 1 aliphatic rings. The maximum atomic E-state index is 8.89. The van der Waals surface area contributed by atoms with Crippen LogP contribution < -0.4 is 4.90 Å². The van der Waals surface area contributed by atoms with Gasteiger partial charge in [-0.1, -0.05) is 12.1 Å². The van der Waals surface area contributed by atoms with E-state index in [9.17, 15) is 0 Å². The first kappa shape index (κ1) is 13.3. The Morgan fingerprint density at radius 2 is 1.56 bits per heavy atom. The van der Waals surface area contributed by atoms with Crippen LogP contribution in [0.2, 0.25) is 0 Å². The normalized spacial score (nSPS) is 17.9. The maximum absolute atomic E-state index is 8.89. The summed E-state index contributed by atoms with van der Waals surface area (Å²) in [4.78, 5) is 2.27. The van der Waals surface area contributed by atoms with E-state index >= 15 is 0 Å². The predicted octanol–water partition coefficient (Wildman–Crippen LogP) is 1.07. The highest BCUT2D eigenvalue weighted by atomic mass is 16.5. The molecule has 0 unspecified atom stereocenters. The van der Waals surface area contributed by atoms with Crippen molar-refractivity contribution in [2.45, 2.75) is 6.42 Å². The Morgan fingerprint density at radius 3 is 2.11 bits per heavy atom. The Morgan fingerprint density at radius 1 is 0.944 bits per heavy atom. The Kier molecular flexibility index (Phi) is 5.45. The first-order chi connectivity index (χ1) is 8.90. The van der Waals surface area contributed by atoms with Crippen molar-refractivity contribution in [1.29, 1.82) is 0 Å². The van der Waals surface area contributed by atoms with Crippen LogP contribution in [-0.2, 0) is 15.9 Å². The SMILES string of the molecule is OCCc1ccc(N2CCOCCOCC2)cc1. The van der Waals surface area contributed by atoms with E-state index in [-0.39, 0.29) is 6.61 Å². The third-order valence-electron chi connectivity index (χ3n) is 3.09. The quantitative estimate of drug-likeness (QED) is 0.872. The Hall–Kier alpha value is -1.10. The van der Waals surface area contributed by atoms with Gasteiger partial charge in [-0.3, -0.25) is 0 Å². The third kappa shape index (κ3) is 3.98. The topological polar surface area (TPSA) is 41.9 Å². The molecular formula is C14H21NO3. The van der Waals surface area contributed by atoms with E-state index in [1.165, 1.54) is 5.69 Å². The highest BCUT2D eigenvalue weighted by molar-refractivity contribution is 5.47. The lowest BCUT2D eigenvalue weighted by Gasteiger charge is -2.23. The molecule has 0 atom stereocenters. The molecule has 18 heavy (non-hydrogen) atoms. The van der Waals surface area contributed by atoms with E-state index in [1.54, 1.807) is 0 Å². The Labute approximate surface area is 108 Å². The first-order valence-electron chi connectivity index (χ1n) is 6.50. The van der Waals surface area contributed by atoms with Crippen LogP contribution in [0.1, 0.15) is 5.56 Å². The molecule has 0 amide bonds. The number of hydrogen-bond acceptors (Lipinski definition) is 4. The fourth-order valence-electron chi connectivity index (χ4n) is 2.04. The van der Waals surface area contributed by atoms with Gasteiger partial charge in [0.1, 0.15) is 0 Å².